The molecule has 0 fully saturated rings. The molecular formula is C11H11Cl2NO. The van der Waals surface area contributed by atoms with Crippen molar-refractivity contribution in [2.45, 2.75) is 25.9 Å². The Hall–Kier alpha value is -0.910. The molecule has 1 rings (SSSR count). The maximum absolute atomic E-state index is 8.61. The van der Waals surface area contributed by atoms with Gasteiger partial charge in [0.05, 0.1) is 12.5 Å². The Bertz CT molecular complexity index is 376. The van der Waals surface area contributed by atoms with Crippen molar-refractivity contribution >= 4 is 23.2 Å². The Morgan fingerprint density at radius 3 is 2.27 bits per heavy atom. The van der Waals surface area contributed by atoms with Crippen LogP contribution in [0.15, 0.2) is 18.2 Å². The van der Waals surface area contributed by atoms with Crippen molar-refractivity contribution in [1.82, 2.24) is 0 Å². The van der Waals surface area contributed by atoms with E-state index in [4.69, 9.17) is 33.2 Å². The molecule has 2 nitrogen and oxygen atoms in total. The Balaban J connectivity index is 2.85. The van der Waals surface area contributed by atoms with Crippen LogP contribution in [0.1, 0.15) is 20.3 Å². The van der Waals surface area contributed by atoms with E-state index in [2.05, 4.69) is 6.07 Å². The van der Waals surface area contributed by atoms with E-state index in [0.29, 0.717) is 22.2 Å². The van der Waals surface area contributed by atoms with Crippen LogP contribution in [0.3, 0.4) is 0 Å². The third kappa shape index (κ3) is 3.99. The van der Waals surface area contributed by atoms with Crippen molar-refractivity contribution in [2.75, 3.05) is 0 Å². The first-order chi connectivity index (χ1) is 6.93. The smallest absolute Gasteiger partial charge is 0.123 e. The van der Waals surface area contributed by atoms with Gasteiger partial charge < -0.3 is 4.74 Å². The number of benzene rings is 1. The molecule has 0 bridgehead atoms. The molecular weight excluding hydrogens is 233 g/mol. The van der Waals surface area contributed by atoms with Gasteiger partial charge in [-0.3, -0.25) is 0 Å². The highest BCUT2D eigenvalue weighted by Gasteiger charge is 2.19. The molecule has 0 N–H and O–H groups in total. The summed E-state index contributed by atoms with van der Waals surface area (Å²) in [5.41, 5.74) is -0.539. The van der Waals surface area contributed by atoms with E-state index in [0.717, 1.165) is 0 Å². The van der Waals surface area contributed by atoms with Crippen molar-refractivity contribution in [3.8, 4) is 11.8 Å². The fourth-order valence-corrected chi connectivity index (χ4v) is 1.64. The van der Waals surface area contributed by atoms with Gasteiger partial charge in [0.25, 0.3) is 0 Å². The number of nitriles is 1. The summed E-state index contributed by atoms with van der Waals surface area (Å²) < 4.78 is 5.61. The van der Waals surface area contributed by atoms with E-state index in [1.54, 1.807) is 18.2 Å². The average Bonchev–Trinajstić information content (AvgIpc) is 1.99. The molecule has 0 spiro atoms. The van der Waals surface area contributed by atoms with Crippen LogP contribution >= 0.6 is 23.2 Å². The summed E-state index contributed by atoms with van der Waals surface area (Å²) in [6.07, 6.45) is 0.303. The standard InChI is InChI=1S/C11H11Cl2NO/c1-11(2,3-4-14)15-10-6-8(12)5-9(13)7-10/h5-7H,3H2,1-2H3. The summed E-state index contributed by atoms with van der Waals surface area (Å²) in [6, 6.07) is 7.05. The molecule has 0 radical (unpaired) electrons. The molecule has 15 heavy (non-hydrogen) atoms. The van der Waals surface area contributed by atoms with Gasteiger partial charge in [0, 0.05) is 10.0 Å². The van der Waals surface area contributed by atoms with Crippen LogP contribution < -0.4 is 4.74 Å². The van der Waals surface area contributed by atoms with Crippen LogP contribution in [0.25, 0.3) is 0 Å². The number of hydrogen-bond acceptors (Lipinski definition) is 2. The third-order valence-electron chi connectivity index (χ3n) is 1.73. The topological polar surface area (TPSA) is 33.0 Å². The molecule has 0 atom stereocenters. The Morgan fingerprint density at radius 1 is 1.27 bits per heavy atom. The number of ether oxygens (including phenoxy) is 1. The number of rotatable bonds is 3. The summed E-state index contributed by atoms with van der Waals surface area (Å²) in [5, 5.41) is 9.64. The summed E-state index contributed by atoms with van der Waals surface area (Å²) in [7, 11) is 0. The average molecular weight is 244 g/mol. The molecule has 0 aliphatic carbocycles. The molecule has 0 unspecified atom stereocenters. The maximum atomic E-state index is 8.61. The Labute approximate surface area is 99.4 Å². The molecule has 0 aliphatic rings. The van der Waals surface area contributed by atoms with E-state index >= 15 is 0 Å². The summed E-state index contributed by atoms with van der Waals surface area (Å²) >= 11 is 11.7. The Morgan fingerprint density at radius 2 is 1.80 bits per heavy atom. The summed E-state index contributed by atoms with van der Waals surface area (Å²) in [5.74, 6) is 0.577. The maximum Gasteiger partial charge on any atom is 0.123 e. The minimum atomic E-state index is -0.539. The molecule has 1 aromatic rings. The first kappa shape index (κ1) is 12.2. The van der Waals surface area contributed by atoms with Gasteiger partial charge >= 0.3 is 0 Å². The normalized spacial score (nSPS) is 10.9. The van der Waals surface area contributed by atoms with E-state index < -0.39 is 5.60 Å². The molecule has 0 amide bonds. The van der Waals surface area contributed by atoms with Crippen LogP contribution in [0.5, 0.6) is 5.75 Å². The van der Waals surface area contributed by atoms with Crippen molar-refractivity contribution < 1.29 is 4.74 Å². The highest BCUT2D eigenvalue weighted by atomic mass is 35.5. The largest absolute Gasteiger partial charge is 0.487 e. The summed E-state index contributed by atoms with van der Waals surface area (Å²) in [6.45, 7) is 3.68. The van der Waals surface area contributed by atoms with Gasteiger partial charge in [0.2, 0.25) is 0 Å². The van der Waals surface area contributed by atoms with Gasteiger partial charge in [-0.1, -0.05) is 23.2 Å². The molecule has 0 saturated carbocycles. The predicted octanol–water partition coefficient (Wildman–Crippen LogP) is 4.06. The van der Waals surface area contributed by atoms with E-state index in [9.17, 15) is 0 Å². The zero-order valence-corrected chi connectivity index (χ0v) is 10.1. The zero-order chi connectivity index (χ0) is 11.5. The second-order valence-corrected chi connectivity index (χ2v) is 4.67. The van der Waals surface area contributed by atoms with E-state index in [1.807, 2.05) is 13.8 Å². The molecule has 80 valence electrons. The van der Waals surface area contributed by atoms with Gasteiger partial charge in [0.15, 0.2) is 0 Å². The lowest BCUT2D eigenvalue weighted by molar-refractivity contribution is 0.115. The molecule has 1 aromatic carbocycles. The zero-order valence-electron chi connectivity index (χ0n) is 8.55. The number of hydrogen-bond donors (Lipinski definition) is 0. The molecule has 0 heterocycles. The first-order valence-electron chi connectivity index (χ1n) is 4.45. The van der Waals surface area contributed by atoms with Crippen molar-refractivity contribution in [3.05, 3.63) is 28.2 Å². The van der Waals surface area contributed by atoms with Gasteiger partial charge in [-0.15, -0.1) is 0 Å². The molecule has 0 saturated heterocycles. The highest BCUT2D eigenvalue weighted by Crippen LogP contribution is 2.27. The Kier molecular flexibility index (Phi) is 3.84. The van der Waals surface area contributed by atoms with Crippen LogP contribution in [0.4, 0.5) is 0 Å². The predicted molar refractivity (Wildman–Crippen MR) is 61.4 cm³/mol. The monoisotopic (exact) mass is 243 g/mol. The van der Waals surface area contributed by atoms with Gasteiger partial charge in [-0.25, -0.2) is 0 Å². The van der Waals surface area contributed by atoms with E-state index in [1.165, 1.54) is 0 Å². The second kappa shape index (κ2) is 4.74. The third-order valence-corrected chi connectivity index (χ3v) is 2.17. The highest BCUT2D eigenvalue weighted by molar-refractivity contribution is 6.34. The molecule has 4 heteroatoms. The first-order valence-corrected chi connectivity index (χ1v) is 5.20. The number of halogens is 2. The van der Waals surface area contributed by atoms with Gasteiger partial charge in [0.1, 0.15) is 11.4 Å². The van der Waals surface area contributed by atoms with E-state index in [-0.39, 0.29) is 0 Å². The lowest BCUT2D eigenvalue weighted by atomic mass is 10.1. The van der Waals surface area contributed by atoms with Crippen molar-refractivity contribution in [3.63, 3.8) is 0 Å². The fraction of sp³-hybridized carbons (Fsp3) is 0.364. The SMILES string of the molecule is CC(C)(CC#N)Oc1cc(Cl)cc(Cl)c1. The second-order valence-electron chi connectivity index (χ2n) is 3.80. The lowest BCUT2D eigenvalue weighted by Gasteiger charge is -2.23. The van der Waals surface area contributed by atoms with Crippen LogP contribution in [-0.4, -0.2) is 5.60 Å². The fourth-order valence-electron chi connectivity index (χ4n) is 1.13. The minimum Gasteiger partial charge on any atom is -0.487 e. The quantitative estimate of drug-likeness (QED) is 0.802. The van der Waals surface area contributed by atoms with Crippen molar-refractivity contribution in [2.24, 2.45) is 0 Å². The molecule has 0 aromatic heterocycles. The molecule has 0 aliphatic heterocycles. The van der Waals surface area contributed by atoms with Gasteiger partial charge in [-0.2, -0.15) is 5.26 Å². The van der Waals surface area contributed by atoms with Crippen LogP contribution in [0, 0.1) is 11.3 Å². The number of nitrogens with zero attached hydrogens (tertiary/aromatic N) is 1. The van der Waals surface area contributed by atoms with Gasteiger partial charge in [-0.05, 0) is 32.0 Å². The van der Waals surface area contributed by atoms with Crippen LogP contribution in [0.2, 0.25) is 10.0 Å². The lowest BCUT2D eigenvalue weighted by Crippen LogP contribution is -2.27. The summed E-state index contributed by atoms with van der Waals surface area (Å²) in [4.78, 5) is 0. The van der Waals surface area contributed by atoms with Crippen molar-refractivity contribution in [1.29, 1.82) is 5.26 Å². The minimum absolute atomic E-state index is 0.303. The van der Waals surface area contributed by atoms with Crippen LogP contribution in [-0.2, 0) is 0 Å².